The summed E-state index contributed by atoms with van der Waals surface area (Å²) in [5.41, 5.74) is 5.89. The summed E-state index contributed by atoms with van der Waals surface area (Å²) in [6, 6.07) is 17.6. The molecule has 4 rings (SSSR count). The maximum absolute atomic E-state index is 2.40. The van der Waals surface area contributed by atoms with Crippen molar-refractivity contribution >= 4 is 12.2 Å². The fourth-order valence-electron chi connectivity index (χ4n) is 2.89. The Morgan fingerprint density at radius 1 is 0.650 bits per heavy atom. The molecular weight excluding hydrogens is 303 g/mol. The third-order valence-electron chi connectivity index (χ3n) is 3.87. The van der Waals surface area contributed by atoms with Gasteiger partial charge in [-0.15, -0.1) is 0 Å². The van der Waals surface area contributed by atoms with E-state index in [0.717, 1.165) is 0 Å². The van der Waals surface area contributed by atoms with Gasteiger partial charge in [0.05, 0.1) is 0 Å². The van der Waals surface area contributed by atoms with E-state index >= 15 is 0 Å². The number of fused-ring (bicyclic) bond motifs is 2. The first-order valence-corrected chi connectivity index (χ1v) is 8.27. The van der Waals surface area contributed by atoms with Gasteiger partial charge in [-0.25, -0.2) is 0 Å². The minimum absolute atomic E-state index is 0. The molecule has 2 aliphatic carbocycles. The molecule has 2 unspecified atom stereocenters. The summed E-state index contributed by atoms with van der Waals surface area (Å²) in [5.74, 6) is 0. The van der Waals surface area contributed by atoms with Crippen LogP contribution >= 0.6 is 0 Å². The first-order valence-electron chi connectivity index (χ1n) is 6.66. The Hall–Kier alpha value is -1.21. The van der Waals surface area contributed by atoms with Gasteiger partial charge < -0.3 is 12.4 Å². The number of halogens is 1. The number of benzene rings is 2. The Labute approximate surface area is 133 Å². The summed E-state index contributed by atoms with van der Waals surface area (Å²) in [4.78, 5) is 0. The maximum Gasteiger partial charge on any atom is -1.00 e. The third-order valence-corrected chi connectivity index (χ3v) is 6.28. The Balaban J connectivity index is 0.00000121. The van der Waals surface area contributed by atoms with E-state index in [4.69, 9.17) is 0 Å². The van der Waals surface area contributed by atoms with Crippen LogP contribution in [0.3, 0.4) is 0 Å². The fraction of sp³-hybridized carbons (Fsp3) is 0.111. The molecule has 0 saturated carbocycles. The average molecular weight is 317 g/mol. The van der Waals surface area contributed by atoms with E-state index in [1.54, 1.807) is 0 Å². The zero-order valence-electron chi connectivity index (χ0n) is 10.9. The smallest absolute Gasteiger partial charge is 1.00 e. The van der Waals surface area contributed by atoms with E-state index in [1.165, 1.54) is 22.3 Å². The zero-order valence-corrected chi connectivity index (χ0v) is 13.1. The number of allylic oxidation sites excluding steroid dienone is 2. The molecule has 2 heteroatoms. The van der Waals surface area contributed by atoms with E-state index in [2.05, 4.69) is 72.8 Å². The molecule has 0 nitrogen and oxygen atoms in total. The second kappa shape index (κ2) is 5.65. The van der Waals surface area contributed by atoms with Gasteiger partial charge in [0.25, 0.3) is 0 Å². The molecule has 0 saturated heterocycles. The van der Waals surface area contributed by atoms with Crippen LogP contribution in [0, 0.1) is 0 Å². The van der Waals surface area contributed by atoms with Crippen LogP contribution in [0.25, 0.3) is 12.2 Å². The molecule has 0 N–H and O–H groups in total. The molecule has 2 aromatic carbocycles. The van der Waals surface area contributed by atoms with Gasteiger partial charge >= 0.3 is 121 Å². The van der Waals surface area contributed by atoms with Crippen LogP contribution in [0.15, 0.2) is 60.7 Å². The molecule has 0 bridgehead atoms. The molecule has 0 spiro atoms. The number of hydrogen-bond donors (Lipinski definition) is 0. The van der Waals surface area contributed by atoms with Crippen LogP contribution in [-0.4, -0.2) is 0 Å². The topological polar surface area (TPSA) is 0 Å². The van der Waals surface area contributed by atoms with Crippen molar-refractivity contribution in [3.63, 3.8) is 0 Å². The number of hydrogen-bond acceptors (Lipinski definition) is 0. The van der Waals surface area contributed by atoms with E-state index in [9.17, 15) is 0 Å². The molecule has 2 aliphatic rings. The SMILES string of the molecule is C1=C[CH]([V+][CH]2C=Cc3ccccc32)c2ccccc21.[Cl-]. The summed E-state index contributed by atoms with van der Waals surface area (Å²) in [5, 5.41) is 0. The Morgan fingerprint density at radius 2 is 1.10 bits per heavy atom. The first-order chi connectivity index (χ1) is 9.42. The van der Waals surface area contributed by atoms with Crippen LogP contribution < -0.4 is 12.4 Å². The van der Waals surface area contributed by atoms with Crippen molar-refractivity contribution in [3.05, 3.63) is 82.9 Å². The Bertz CT molecular complexity index is 628. The Morgan fingerprint density at radius 3 is 1.60 bits per heavy atom. The summed E-state index contributed by atoms with van der Waals surface area (Å²) in [7, 11) is 0. The van der Waals surface area contributed by atoms with E-state index in [-0.39, 0.29) is 28.7 Å². The van der Waals surface area contributed by atoms with Crippen molar-refractivity contribution in [3.8, 4) is 0 Å². The molecule has 20 heavy (non-hydrogen) atoms. The van der Waals surface area contributed by atoms with Gasteiger partial charge in [0.15, 0.2) is 0 Å². The van der Waals surface area contributed by atoms with Crippen molar-refractivity contribution in [1.82, 2.24) is 0 Å². The van der Waals surface area contributed by atoms with Crippen LogP contribution in [0.2, 0.25) is 0 Å². The molecule has 2 atom stereocenters. The van der Waals surface area contributed by atoms with Gasteiger partial charge in [0.1, 0.15) is 0 Å². The Kier molecular flexibility index (Phi) is 3.89. The van der Waals surface area contributed by atoms with Gasteiger partial charge in [0.2, 0.25) is 0 Å². The summed E-state index contributed by atoms with van der Waals surface area (Å²) >= 11 is 0.231. The molecule has 0 fully saturated rings. The maximum atomic E-state index is 2.40. The standard InChI is InChI=1S/2C9H7.ClH.V/c2*1-2-5-9-7-3-6-8(9)4-1;;/h2*1-7H;1H;/q;;;+1/p-1. The van der Waals surface area contributed by atoms with Gasteiger partial charge in [-0.1, -0.05) is 0 Å². The quantitative estimate of drug-likeness (QED) is 0.790. The molecule has 0 heterocycles. The van der Waals surface area contributed by atoms with Crippen molar-refractivity contribution in [1.29, 1.82) is 0 Å². The van der Waals surface area contributed by atoms with Crippen molar-refractivity contribution in [2.24, 2.45) is 0 Å². The molecular formula is C18H14ClV. The van der Waals surface area contributed by atoms with Crippen LogP contribution in [0.4, 0.5) is 0 Å². The van der Waals surface area contributed by atoms with Crippen molar-refractivity contribution < 1.29 is 28.7 Å². The molecule has 0 amide bonds. The van der Waals surface area contributed by atoms with Gasteiger partial charge in [0, 0.05) is 0 Å². The largest absolute Gasteiger partial charge is 1.00 e. The van der Waals surface area contributed by atoms with Gasteiger partial charge in [-0.3, -0.25) is 0 Å². The fourth-order valence-corrected chi connectivity index (χ4v) is 5.25. The minimum atomic E-state index is 0. The molecule has 0 aliphatic heterocycles. The monoisotopic (exact) mass is 316 g/mol. The predicted molar refractivity (Wildman–Crippen MR) is 76.4 cm³/mol. The molecule has 98 valence electrons. The number of rotatable bonds is 2. The minimum Gasteiger partial charge on any atom is -1.00 e. The van der Waals surface area contributed by atoms with E-state index in [0.29, 0.717) is 9.26 Å². The van der Waals surface area contributed by atoms with Crippen LogP contribution in [0.5, 0.6) is 0 Å². The molecule has 0 radical (unpaired) electrons. The van der Waals surface area contributed by atoms with E-state index < -0.39 is 0 Å². The summed E-state index contributed by atoms with van der Waals surface area (Å²) < 4.78 is 1.32. The van der Waals surface area contributed by atoms with Crippen LogP contribution in [0.1, 0.15) is 31.5 Å². The van der Waals surface area contributed by atoms with Crippen molar-refractivity contribution in [2.75, 3.05) is 0 Å². The second-order valence-corrected chi connectivity index (χ2v) is 7.22. The summed E-state index contributed by atoms with van der Waals surface area (Å²) in [6.45, 7) is 0. The van der Waals surface area contributed by atoms with E-state index in [1.807, 2.05) is 0 Å². The first kappa shape index (κ1) is 13.8. The zero-order chi connectivity index (χ0) is 12.7. The van der Waals surface area contributed by atoms with Crippen molar-refractivity contribution in [2.45, 2.75) is 9.26 Å². The summed E-state index contributed by atoms with van der Waals surface area (Å²) in [6.07, 6.45) is 9.39. The normalized spacial score (nSPS) is 21.2. The van der Waals surface area contributed by atoms with Gasteiger partial charge in [-0.05, 0) is 0 Å². The predicted octanol–water partition coefficient (Wildman–Crippen LogP) is 1.61. The second-order valence-electron chi connectivity index (χ2n) is 5.01. The third kappa shape index (κ3) is 2.29. The average Bonchev–Trinajstić information content (AvgIpc) is 3.05. The molecule has 0 aromatic heterocycles. The van der Waals surface area contributed by atoms with Crippen LogP contribution in [-0.2, 0) is 16.3 Å². The van der Waals surface area contributed by atoms with Gasteiger partial charge in [-0.2, -0.15) is 0 Å². The molecule has 2 aromatic rings.